The number of ether oxygens (including phenoxy) is 1. The van der Waals surface area contributed by atoms with Crippen LogP contribution in [0.15, 0.2) is 36.7 Å². The number of aliphatic hydroxyl groups is 1. The van der Waals surface area contributed by atoms with E-state index in [0.717, 1.165) is 0 Å². The third-order valence-electron chi connectivity index (χ3n) is 4.24. The van der Waals surface area contributed by atoms with Crippen molar-refractivity contribution >= 4 is 5.91 Å². The van der Waals surface area contributed by atoms with Gasteiger partial charge in [-0.25, -0.2) is 9.37 Å². The molecule has 2 aromatic rings. The number of amides is 1. The van der Waals surface area contributed by atoms with Gasteiger partial charge in [0.2, 0.25) is 0 Å². The number of imidazole rings is 1. The summed E-state index contributed by atoms with van der Waals surface area (Å²) in [5.74, 6) is 0.0703. The van der Waals surface area contributed by atoms with Gasteiger partial charge in [0.15, 0.2) is 5.82 Å². The maximum atomic E-state index is 13.3. The molecule has 1 amide bonds. The smallest absolute Gasteiger partial charge is 0.289 e. The fraction of sp³-hybridized carbons (Fsp3) is 0.412. The monoisotopic (exact) mass is 333 g/mol. The molecule has 1 saturated heterocycles. The predicted molar refractivity (Wildman–Crippen MR) is 85.2 cm³/mol. The zero-order valence-electron chi connectivity index (χ0n) is 13.6. The molecule has 0 aliphatic carbocycles. The summed E-state index contributed by atoms with van der Waals surface area (Å²) in [5.41, 5.74) is -1.24. The molecule has 1 aromatic carbocycles. The van der Waals surface area contributed by atoms with Crippen molar-refractivity contribution in [3.63, 3.8) is 0 Å². The molecule has 6 nitrogen and oxygen atoms in total. The number of likely N-dealkylation sites (tertiary alicyclic amines) is 1. The minimum absolute atomic E-state index is 0.124. The zero-order chi connectivity index (χ0) is 17.3. The lowest BCUT2D eigenvalue weighted by molar-refractivity contribution is -0.0902. The number of hydrogen-bond donors (Lipinski definition) is 1. The third kappa shape index (κ3) is 3.26. The number of rotatable bonds is 3. The molecule has 3 rings (SSSR count). The van der Waals surface area contributed by atoms with Gasteiger partial charge >= 0.3 is 0 Å². The van der Waals surface area contributed by atoms with Crippen molar-refractivity contribution in [3.8, 4) is 5.75 Å². The Labute approximate surface area is 139 Å². The normalized spacial score (nSPS) is 24.0. The topological polar surface area (TPSA) is 67.6 Å². The molecule has 1 fully saturated rings. The Kier molecular flexibility index (Phi) is 4.28. The van der Waals surface area contributed by atoms with Crippen LogP contribution in [0.2, 0.25) is 0 Å². The van der Waals surface area contributed by atoms with Crippen molar-refractivity contribution in [3.05, 3.63) is 48.3 Å². The van der Waals surface area contributed by atoms with Crippen molar-refractivity contribution in [1.82, 2.24) is 14.5 Å². The summed E-state index contributed by atoms with van der Waals surface area (Å²) in [7, 11) is 1.75. The number of β-amino-alcohol motifs (C(OH)–C–C–N with tert-alkyl or cyclic N) is 1. The van der Waals surface area contributed by atoms with Gasteiger partial charge in [0, 0.05) is 38.5 Å². The first-order chi connectivity index (χ1) is 11.4. The van der Waals surface area contributed by atoms with Gasteiger partial charge in [0.05, 0.1) is 6.54 Å². The van der Waals surface area contributed by atoms with E-state index in [9.17, 15) is 14.3 Å². The molecular formula is C17H20FN3O3. The van der Waals surface area contributed by atoms with Crippen LogP contribution in [0.3, 0.4) is 0 Å². The molecular weight excluding hydrogens is 313 g/mol. The number of carbonyl (C=O) groups is 1. The highest BCUT2D eigenvalue weighted by Gasteiger charge is 2.42. The van der Waals surface area contributed by atoms with Crippen molar-refractivity contribution in [2.24, 2.45) is 7.05 Å². The Balaban J connectivity index is 1.70. The van der Waals surface area contributed by atoms with Crippen molar-refractivity contribution in [2.45, 2.75) is 25.0 Å². The largest absolute Gasteiger partial charge is 0.487 e. The summed E-state index contributed by atoms with van der Waals surface area (Å²) in [6, 6.07) is 5.81. The number of hydrogen-bond acceptors (Lipinski definition) is 4. The molecule has 1 aromatic heterocycles. The van der Waals surface area contributed by atoms with Crippen LogP contribution in [0, 0.1) is 5.82 Å². The van der Waals surface area contributed by atoms with Crippen LogP contribution < -0.4 is 4.74 Å². The van der Waals surface area contributed by atoms with E-state index < -0.39 is 17.5 Å². The second-order valence-electron chi connectivity index (χ2n) is 6.30. The third-order valence-corrected chi connectivity index (χ3v) is 4.24. The van der Waals surface area contributed by atoms with Gasteiger partial charge in [-0.3, -0.25) is 4.79 Å². The number of benzene rings is 1. The molecule has 0 spiro atoms. The average molecular weight is 333 g/mol. The Morgan fingerprint density at radius 1 is 1.50 bits per heavy atom. The Bertz CT molecular complexity index is 744. The molecule has 0 saturated carbocycles. The summed E-state index contributed by atoms with van der Waals surface area (Å²) in [4.78, 5) is 18.1. The fourth-order valence-corrected chi connectivity index (χ4v) is 2.93. The molecule has 2 atom stereocenters. The zero-order valence-corrected chi connectivity index (χ0v) is 13.6. The summed E-state index contributed by atoms with van der Waals surface area (Å²) in [6.45, 7) is 2.18. The second-order valence-corrected chi connectivity index (χ2v) is 6.30. The van der Waals surface area contributed by atoms with Crippen LogP contribution in [0.4, 0.5) is 4.39 Å². The van der Waals surface area contributed by atoms with Gasteiger partial charge in [-0.05, 0) is 19.1 Å². The fourth-order valence-electron chi connectivity index (χ4n) is 2.93. The lowest BCUT2D eigenvalue weighted by Gasteiger charge is -2.42. The molecule has 0 unspecified atom stereocenters. The van der Waals surface area contributed by atoms with Gasteiger partial charge in [-0.1, -0.05) is 6.07 Å². The van der Waals surface area contributed by atoms with Crippen molar-refractivity contribution in [1.29, 1.82) is 0 Å². The van der Waals surface area contributed by atoms with Crippen LogP contribution in [0.25, 0.3) is 0 Å². The van der Waals surface area contributed by atoms with Crippen LogP contribution in [-0.2, 0) is 7.05 Å². The van der Waals surface area contributed by atoms with Crippen LogP contribution in [0.1, 0.15) is 24.0 Å². The van der Waals surface area contributed by atoms with Gasteiger partial charge in [0.1, 0.15) is 23.3 Å². The summed E-state index contributed by atoms with van der Waals surface area (Å²) < 4.78 is 20.7. The van der Waals surface area contributed by atoms with E-state index in [4.69, 9.17) is 4.74 Å². The first-order valence-corrected chi connectivity index (χ1v) is 7.78. The van der Waals surface area contributed by atoms with Gasteiger partial charge in [0.25, 0.3) is 5.91 Å². The van der Waals surface area contributed by atoms with E-state index in [0.29, 0.717) is 24.5 Å². The van der Waals surface area contributed by atoms with E-state index in [-0.39, 0.29) is 12.5 Å². The van der Waals surface area contributed by atoms with E-state index in [2.05, 4.69) is 4.98 Å². The van der Waals surface area contributed by atoms with E-state index >= 15 is 0 Å². The summed E-state index contributed by atoms with van der Waals surface area (Å²) in [6.07, 6.45) is 3.18. The molecule has 128 valence electrons. The lowest BCUT2D eigenvalue weighted by Crippen LogP contribution is -2.58. The molecule has 24 heavy (non-hydrogen) atoms. The molecule has 2 heterocycles. The Morgan fingerprint density at radius 3 is 2.92 bits per heavy atom. The first-order valence-electron chi connectivity index (χ1n) is 7.78. The second kappa shape index (κ2) is 6.24. The highest BCUT2D eigenvalue weighted by molar-refractivity contribution is 5.91. The number of carbonyl (C=O) groups excluding carboxylic acids is 1. The maximum Gasteiger partial charge on any atom is 0.289 e. The minimum atomic E-state index is -1.24. The van der Waals surface area contributed by atoms with Gasteiger partial charge in [-0.2, -0.15) is 0 Å². The molecule has 1 aliphatic rings. The lowest BCUT2D eigenvalue weighted by atomic mass is 9.91. The molecule has 7 heteroatoms. The van der Waals surface area contributed by atoms with Crippen molar-refractivity contribution in [2.75, 3.05) is 13.1 Å². The highest BCUT2D eigenvalue weighted by atomic mass is 19.1. The minimum Gasteiger partial charge on any atom is -0.487 e. The van der Waals surface area contributed by atoms with E-state index in [1.807, 2.05) is 0 Å². The number of halogens is 1. The standard InChI is InChI=1S/C17H20FN3O3/c1-17(23)11-21(16(22)15-19-7-9-20(15)2)8-6-14(17)24-13-5-3-4-12(18)10-13/h3-5,7,9-10,14,23H,6,8,11H2,1-2H3/t14-,17-/m0/s1. The van der Waals surface area contributed by atoms with Crippen LogP contribution >= 0.6 is 0 Å². The highest BCUT2D eigenvalue weighted by Crippen LogP contribution is 2.27. The van der Waals surface area contributed by atoms with Gasteiger partial charge in [-0.15, -0.1) is 0 Å². The molecule has 1 aliphatic heterocycles. The van der Waals surface area contributed by atoms with Crippen LogP contribution in [-0.4, -0.2) is 50.3 Å². The number of aromatic nitrogens is 2. The van der Waals surface area contributed by atoms with E-state index in [1.54, 1.807) is 48.0 Å². The molecule has 1 N–H and O–H groups in total. The van der Waals surface area contributed by atoms with Gasteiger partial charge < -0.3 is 19.3 Å². The number of aryl methyl sites for hydroxylation is 1. The summed E-state index contributed by atoms with van der Waals surface area (Å²) in [5, 5.41) is 10.7. The number of nitrogens with zero attached hydrogens (tertiary/aromatic N) is 3. The molecule has 0 radical (unpaired) electrons. The van der Waals surface area contributed by atoms with E-state index in [1.165, 1.54) is 12.1 Å². The quantitative estimate of drug-likeness (QED) is 0.926. The predicted octanol–water partition coefficient (Wildman–Crippen LogP) is 1.60. The molecule has 0 bridgehead atoms. The Morgan fingerprint density at radius 2 is 2.29 bits per heavy atom. The SMILES string of the molecule is Cn1ccnc1C(=O)N1CC[C@H](Oc2cccc(F)c2)[C@@](C)(O)C1. The Hall–Kier alpha value is -2.41. The summed E-state index contributed by atoms with van der Waals surface area (Å²) >= 11 is 0. The first kappa shape index (κ1) is 16.4. The van der Waals surface area contributed by atoms with Crippen molar-refractivity contribution < 1.29 is 19.0 Å². The average Bonchev–Trinajstić information content (AvgIpc) is 2.94. The maximum absolute atomic E-state index is 13.3. The van der Waals surface area contributed by atoms with Crippen LogP contribution in [0.5, 0.6) is 5.75 Å². The number of piperidine rings is 1.